The fraction of sp³-hybridized carbons (Fsp3) is 0.625. The second-order valence-corrected chi connectivity index (χ2v) is 4.12. The zero-order valence-electron chi connectivity index (χ0n) is 12.6. The molecule has 0 heterocycles. The molecular formula is C16H24O4. The molecule has 0 saturated carbocycles. The second-order valence-electron chi connectivity index (χ2n) is 4.12. The third-order valence-electron chi connectivity index (χ3n) is 2.47. The largest absolute Gasteiger partial charge is 0.465 e. The van der Waals surface area contributed by atoms with Gasteiger partial charge in [0.2, 0.25) is 0 Å². The zero-order chi connectivity index (χ0) is 15.2. The molecule has 0 aliphatic carbocycles. The molecule has 0 N–H and O–H groups in total. The Bertz CT molecular complexity index is 356. The summed E-state index contributed by atoms with van der Waals surface area (Å²) in [6.07, 6.45) is 6.68. The minimum absolute atomic E-state index is 0.245. The van der Waals surface area contributed by atoms with Gasteiger partial charge in [-0.3, -0.25) is 9.59 Å². The molecule has 0 saturated heterocycles. The number of allylic oxidation sites excluding steroid dienone is 2. The molecule has 0 unspecified atom stereocenters. The smallest absolute Gasteiger partial charge is 0.320 e. The van der Waals surface area contributed by atoms with Gasteiger partial charge in [0.1, 0.15) is 0 Å². The fourth-order valence-corrected chi connectivity index (χ4v) is 1.43. The molecule has 0 amide bonds. The Kier molecular flexibility index (Phi) is 11.2. The van der Waals surface area contributed by atoms with E-state index in [0.717, 1.165) is 19.3 Å². The van der Waals surface area contributed by atoms with Gasteiger partial charge >= 0.3 is 11.9 Å². The van der Waals surface area contributed by atoms with Crippen molar-refractivity contribution >= 4 is 11.9 Å². The SMILES string of the molecule is CCCCC#C/C=C/CC(C(=O)OCC)C(=O)OCC. The summed E-state index contributed by atoms with van der Waals surface area (Å²) in [6.45, 7) is 6.01. The topological polar surface area (TPSA) is 52.6 Å². The van der Waals surface area contributed by atoms with Crippen LogP contribution in [-0.4, -0.2) is 25.2 Å². The molecule has 0 rings (SSSR count). The van der Waals surface area contributed by atoms with Crippen LogP contribution in [0.25, 0.3) is 0 Å². The first-order valence-corrected chi connectivity index (χ1v) is 7.13. The van der Waals surface area contributed by atoms with Crippen molar-refractivity contribution in [3.63, 3.8) is 0 Å². The van der Waals surface area contributed by atoms with Crippen molar-refractivity contribution in [1.29, 1.82) is 0 Å². The molecule has 112 valence electrons. The summed E-state index contributed by atoms with van der Waals surface area (Å²) >= 11 is 0. The van der Waals surface area contributed by atoms with Crippen LogP contribution >= 0.6 is 0 Å². The van der Waals surface area contributed by atoms with Crippen LogP contribution in [0.3, 0.4) is 0 Å². The summed E-state index contributed by atoms with van der Waals surface area (Å²) in [5, 5.41) is 0. The van der Waals surface area contributed by atoms with Crippen LogP contribution in [0.1, 0.15) is 46.5 Å². The zero-order valence-corrected chi connectivity index (χ0v) is 12.6. The second kappa shape index (κ2) is 12.3. The molecule has 0 radical (unpaired) electrons. The lowest BCUT2D eigenvalue weighted by molar-refractivity contribution is -0.161. The Labute approximate surface area is 121 Å². The van der Waals surface area contributed by atoms with E-state index in [-0.39, 0.29) is 19.6 Å². The van der Waals surface area contributed by atoms with E-state index in [0.29, 0.717) is 0 Å². The molecule has 0 bridgehead atoms. The third kappa shape index (κ3) is 8.36. The van der Waals surface area contributed by atoms with Crippen LogP contribution < -0.4 is 0 Å². The Balaban J connectivity index is 4.41. The summed E-state index contributed by atoms with van der Waals surface area (Å²) < 4.78 is 9.74. The number of hydrogen-bond donors (Lipinski definition) is 0. The third-order valence-corrected chi connectivity index (χ3v) is 2.47. The van der Waals surface area contributed by atoms with Crippen molar-refractivity contribution in [2.24, 2.45) is 5.92 Å². The van der Waals surface area contributed by atoms with Crippen molar-refractivity contribution in [3.8, 4) is 11.8 Å². The van der Waals surface area contributed by atoms with E-state index < -0.39 is 17.9 Å². The monoisotopic (exact) mass is 280 g/mol. The van der Waals surface area contributed by atoms with Gasteiger partial charge in [0, 0.05) is 6.42 Å². The predicted octanol–water partition coefficient (Wildman–Crippen LogP) is 2.87. The van der Waals surface area contributed by atoms with E-state index in [4.69, 9.17) is 9.47 Å². The van der Waals surface area contributed by atoms with Crippen LogP contribution in [-0.2, 0) is 19.1 Å². The first-order valence-electron chi connectivity index (χ1n) is 7.13. The van der Waals surface area contributed by atoms with E-state index >= 15 is 0 Å². The summed E-state index contributed by atoms with van der Waals surface area (Å²) in [6, 6.07) is 0. The molecular weight excluding hydrogens is 256 g/mol. The van der Waals surface area contributed by atoms with Crippen LogP contribution in [0.15, 0.2) is 12.2 Å². The maximum absolute atomic E-state index is 11.7. The molecule has 20 heavy (non-hydrogen) atoms. The van der Waals surface area contributed by atoms with Crippen LogP contribution in [0.5, 0.6) is 0 Å². The highest BCUT2D eigenvalue weighted by Crippen LogP contribution is 2.10. The number of ether oxygens (including phenoxy) is 2. The van der Waals surface area contributed by atoms with Crippen molar-refractivity contribution in [3.05, 3.63) is 12.2 Å². The first-order chi connectivity index (χ1) is 9.67. The maximum atomic E-state index is 11.7. The van der Waals surface area contributed by atoms with Gasteiger partial charge in [0.15, 0.2) is 5.92 Å². The minimum Gasteiger partial charge on any atom is -0.465 e. The summed E-state index contributed by atoms with van der Waals surface area (Å²) in [5.41, 5.74) is 0. The van der Waals surface area contributed by atoms with E-state index in [1.807, 2.05) is 0 Å². The number of rotatable bonds is 8. The van der Waals surface area contributed by atoms with Gasteiger partial charge in [-0.05, 0) is 32.8 Å². The van der Waals surface area contributed by atoms with Gasteiger partial charge in [-0.1, -0.05) is 31.3 Å². The van der Waals surface area contributed by atoms with Crippen molar-refractivity contribution in [1.82, 2.24) is 0 Å². The van der Waals surface area contributed by atoms with E-state index in [2.05, 4.69) is 18.8 Å². The van der Waals surface area contributed by atoms with Gasteiger partial charge in [0.05, 0.1) is 13.2 Å². The number of hydrogen-bond acceptors (Lipinski definition) is 4. The molecule has 0 aromatic carbocycles. The number of unbranched alkanes of at least 4 members (excludes halogenated alkanes) is 2. The maximum Gasteiger partial charge on any atom is 0.320 e. The molecule has 4 nitrogen and oxygen atoms in total. The Morgan fingerprint density at radius 3 is 2.20 bits per heavy atom. The lowest BCUT2D eigenvalue weighted by Gasteiger charge is -2.12. The van der Waals surface area contributed by atoms with Crippen LogP contribution in [0.4, 0.5) is 0 Å². The van der Waals surface area contributed by atoms with E-state index in [9.17, 15) is 9.59 Å². The Morgan fingerprint density at radius 2 is 1.70 bits per heavy atom. The molecule has 4 heteroatoms. The molecule has 0 atom stereocenters. The van der Waals surface area contributed by atoms with Gasteiger partial charge in [-0.15, -0.1) is 0 Å². The standard InChI is InChI=1S/C16H24O4/c1-4-7-8-9-10-11-12-13-14(15(17)19-5-2)16(18)20-6-3/h11-12,14H,4-8,13H2,1-3H3/b12-11+. The lowest BCUT2D eigenvalue weighted by atomic mass is 10.1. The Hall–Kier alpha value is -1.76. The number of esters is 2. The summed E-state index contributed by atoms with van der Waals surface area (Å²) in [4.78, 5) is 23.3. The van der Waals surface area contributed by atoms with Gasteiger partial charge in [-0.2, -0.15) is 0 Å². The van der Waals surface area contributed by atoms with Crippen molar-refractivity contribution in [2.75, 3.05) is 13.2 Å². The first kappa shape index (κ1) is 18.2. The highest BCUT2D eigenvalue weighted by atomic mass is 16.6. The van der Waals surface area contributed by atoms with Gasteiger partial charge in [-0.25, -0.2) is 0 Å². The van der Waals surface area contributed by atoms with Gasteiger partial charge in [0.25, 0.3) is 0 Å². The normalized spacial score (nSPS) is 10.2. The summed E-state index contributed by atoms with van der Waals surface area (Å²) in [5.74, 6) is 3.89. The van der Waals surface area contributed by atoms with E-state index in [1.165, 1.54) is 0 Å². The van der Waals surface area contributed by atoms with E-state index in [1.54, 1.807) is 26.0 Å². The van der Waals surface area contributed by atoms with Crippen LogP contribution in [0, 0.1) is 17.8 Å². The highest BCUT2D eigenvalue weighted by Gasteiger charge is 2.27. The van der Waals surface area contributed by atoms with Gasteiger partial charge < -0.3 is 9.47 Å². The number of carbonyl (C=O) groups is 2. The van der Waals surface area contributed by atoms with Crippen LogP contribution in [0.2, 0.25) is 0 Å². The van der Waals surface area contributed by atoms with Crippen molar-refractivity contribution < 1.29 is 19.1 Å². The molecule has 0 aliphatic rings. The fourth-order valence-electron chi connectivity index (χ4n) is 1.43. The minimum atomic E-state index is -0.899. The van der Waals surface area contributed by atoms with Crippen molar-refractivity contribution in [2.45, 2.75) is 46.5 Å². The highest BCUT2D eigenvalue weighted by molar-refractivity contribution is 5.95. The average molecular weight is 280 g/mol. The lowest BCUT2D eigenvalue weighted by Crippen LogP contribution is -2.27. The molecule has 0 fully saturated rings. The molecule has 0 spiro atoms. The predicted molar refractivity (Wildman–Crippen MR) is 77.8 cm³/mol. The number of carbonyl (C=O) groups excluding carboxylic acids is 2. The molecule has 0 aromatic rings. The summed E-state index contributed by atoms with van der Waals surface area (Å²) in [7, 11) is 0. The Morgan fingerprint density at radius 1 is 1.10 bits per heavy atom. The molecule has 0 aromatic heterocycles. The quantitative estimate of drug-likeness (QED) is 0.297. The molecule has 0 aliphatic heterocycles. The average Bonchev–Trinajstić information content (AvgIpc) is 2.42.